The van der Waals surface area contributed by atoms with Crippen molar-refractivity contribution in [1.82, 2.24) is 5.43 Å². The number of allylic oxidation sites excluding steroid dienone is 1. The summed E-state index contributed by atoms with van der Waals surface area (Å²) in [5.74, 6) is 5.07. The Labute approximate surface area is 72.0 Å². The number of nitrogens with one attached hydrogen (secondary N) is 1. The molecule has 1 aliphatic carbocycles. The topological polar surface area (TPSA) is 64.1 Å². The van der Waals surface area contributed by atoms with Crippen molar-refractivity contribution < 1.29 is 4.39 Å². The molecule has 12 heavy (non-hydrogen) atoms. The fourth-order valence-corrected chi connectivity index (χ4v) is 2.04. The summed E-state index contributed by atoms with van der Waals surface area (Å²) in [7, 11) is 0. The van der Waals surface area contributed by atoms with Crippen LogP contribution in [0.1, 0.15) is 26.7 Å². The Bertz CT molecular complexity index is 202. The lowest BCUT2D eigenvalue weighted by molar-refractivity contribution is -0.0197. The van der Waals surface area contributed by atoms with Gasteiger partial charge in [0.1, 0.15) is 5.67 Å². The Morgan fingerprint density at radius 1 is 1.50 bits per heavy atom. The fraction of sp³-hybridized carbons (Fsp3) is 0.750. The van der Waals surface area contributed by atoms with Crippen molar-refractivity contribution >= 4 is 0 Å². The Morgan fingerprint density at radius 2 is 2.00 bits per heavy atom. The zero-order valence-electron chi connectivity index (χ0n) is 7.52. The van der Waals surface area contributed by atoms with Crippen molar-refractivity contribution in [3.63, 3.8) is 0 Å². The molecule has 1 fully saturated rings. The second kappa shape index (κ2) is 2.62. The lowest BCUT2D eigenvalue weighted by Crippen LogP contribution is -2.48. The molecule has 0 heterocycles. The van der Waals surface area contributed by atoms with Gasteiger partial charge in [0.25, 0.3) is 0 Å². The van der Waals surface area contributed by atoms with E-state index in [0.717, 1.165) is 0 Å². The molecule has 4 heteroatoms. The summed E-state index contributed by atoms with van der Waals surface area (Å²) in [4.78, 5) is 0. The number of rotatable bonds is 2. The molecule has 0 unspecified atom stereocenters. The molecular formula is C8H16FN3. The summed E-state index contributed by atoms with van der Waals surface area (Å²) in [5, 5.41) is 0. The summed E-state index contributed by atoms with van der Waals surface area (Å²) < 4.78 is 13.2. The molecule has 0 aromatic carbocycles. The maximum absolute atomic E-state index is 13.2. The highest BCUT2D eigenvalue weighted by Crippen LogP contribution is 2.53. The van der Waals surface area contributed by atoms with Gasteiger partial charge in [-0.15, -0.1) is 0 Å². The van der Waals surface area contributed by atoms with Crippen LogP contribution in [0.2, 0.25) is 0 Å². The van der Waals surface area contributed by atoms with Crippen LogP contribution in [0.4, 0.5) is 4.39 Å². The average molecular weight is 173 g/mol. The molecule has 0 amide bonds. The SMILES string of the molecule is CC1(F)CC(C)(/C(N)=C/NN)C1. The zero-order valence-corrected chi connectivity index (χ0v) is 7.52. The van der Waals surface area contributed by atoms with E-state index in [1.54, 1.807) is 6.92 Å². The zero-order chi connectivity index (χ0) is 9.41. The van der Waals surface area contributed by atoms with E-state index in [1.807, 2.05) is 6.92 Å². The molecule has 0 aromatic rings. The Kier molecular flexibility index (Phi) is 2.04. The largest absolute Gasteiger partial charge is 0.400 e. The van der Waals surface area contributed by atoms with Crippen molar-refractivity contribution in [3.8, 4) is 0 Å². The number of hydrazine groups is 1. The van der Waals surface area contributed by atoms with Crippen LogP contribution in [0, 0.1) is 5.41 Å². The highest BCUT2D eigenvalue weighted by Gasteiger charge is 2.50. The number of alkyl halides is 1. The first kappa shape index (κ1) is 9.32. The van der Waals surface area contributed by atoms with Gasteiger partial charge in [0.2, 0.25) is 0 Å². The van der Waals surface area contributed by atoms with Crippen LogP contribution < -0.4 is 17.0 Å². The average Bonchev–Trinajstić information content (AvgIpc) is 1.83. The van der Waals surface area contributed by atoms with Crippen molar-refractivity contribution in [2.24, 2.45) is 17.0 Å². The standard InChI is InChI=1S/C8H16FN3/c1-7(6(10)3-12-11)4-8(2,9)5-7/h3,12H,4-5,10-11H2,1-2H3/b6-3-. The van der Waals surface area contributed by atoms with E-state index >= 15 is 0 Å². The van der Waals surface area contributed by atoms with Gasteiger partial charge >= 0.3 is 0 Å². The third-order valence-electron chi connectivity index (χ3n) is 2.45. The summed E-state index contributed by atoms with van der Waals surface area (Å²) >= 11 is 0. The first-order valence-electron chi connectivity index (χ1n) is 4.01. The lowest BCUT2D eigenvalue weighted by Gasteiger charge is -2.48. The first-order valence-corrected chi connectivity index (χ1v) is 4.01. The van der Waals surface area contributed by atoms with E-state index in [4.69, 9.17) is 11.6 Å². The van der Waals surface area contributed by atoms with Crippen LogP contribution in [-0.4, -0.2) is 5.67 Å². The van der Waals surface area contributed by atoms with Gasteiger partial charge in [-0.25, -0.2) is 4.39 Å². The number of hydrogen-bond donors (Lipinski definition) is 3. The third-order valence-corrected chi connectivity index (χ3v) is 2.45. The fourth-order valence-electron chi connectivity index (χ4n) is 2.04. The van der Waals surface area contributed by atoms with E-state index in [0.29, 0.717) is 18.5 Å². The summed E-state index contributed by atoms with van der Waals surface area (Å²) in [6, 6.07) is 0. The van der Waals surface area contributed by atoms with E-state index in [-0.39, 0.29) is 5.41 Å². The Morgan fingerprint density at radius 3 is 2.33 bits per heavy atom. The van der Waals surface area contributed by atoms with E-state index in [2.05, 4.69) is 5.43 Å². The van der Waals surface area contributed by atoms with Crippen molar-refractivity contribution in [2.45, 2.75) is 32.4 Å². The number of hydrogen-bond acceptors (Lipinski definition) is 3. The molecule has 70 valence electrons. The molecule has 0 saturated heterocycles. The molecule has 1 aliphatic rings. The van der Waals surface area contributed by atoms with Gasteiger partial charge in [0.05, 0.1) is 0 Å². The van der Waals surface area contributed by atoms with Crippen molar-refractivity contribution in [2.75, 3.05) is 0 Å². The van der Waals surface area contributed by atoms with Crippen molar-refractivity contribution in [1.29, 1.82) is 0 Å². The minimum absolute atomic E-state index is 0.212. The minimum atomic E-state index is -1.05. The smallest absolute Gasteiger partial charge is 0.110 e. The molecule has 0 bridgehead atoms. The second-order valence-electron chi connectivity index (χ2n) is 4.09. The molecule has 0 radical (unpaired) electrons. The van der Waals surface area contributed by atoms with Gasteiger partial charge in [-0.2, -0.15) is 0 Å². The highest BCUT2D eigenvalue weighted by molar-refractivity contribution is 5.18. The summed E-state index contributed by atoms with van der Waals surface area (Å²) in [5.41, 5.74) is 7.42. The highest BCUT2D eigenvalue weighted by atomic mass is 19.1. The third kappa shape index (κ3) is 1.53. The molecule has 0 atom stereocenters. The van der Waals surface area contributed by atoms with Crippen molar-refractivity contribution in [3.05, 3.63) is 11.9 Å². The van der Waals surface area contributed by atoms with Crippen LogP contribution in [0.5, 0.6) is 0 Å². The normalized spacial score (nSPS) is 42.2. The monoisotopic (exact) mass is 173 g/mol. The van der Waals surface area contributed by atoms with E-state index < -0.39 is 5.67 Å². The van der Waals surface area contributed by atoms with Gasteiger partial charge in [0.15, 0.2) is 0 Å². The van der Waals surface area contributed by atoms with Crippen LogP contribution in [-0.2, 0) is 0 Å². The van der Waals surface area contributed by atoms with Crippen LogP contribution >= 0.6 is 0 Å². The van der Waals surface area contributed by atoms with Gasteiger partial charge in [0, 0.05) is 17.3 Å². The molecule has 1 saturated carbocycles. The second-order valence-corrected chi connectivity index (χ2v) is 4.09. The minimum Gasteiger partial charge on any atom is -0.400 e. The molecule has 3 nitrogen and oxygen atoms in total. The number of nitrogens with two attached hydrogens (primary N) is 2. The van der Waals surface area contributed by atoms with Crippen LogP contribution in [0.3, 0.4) is 0 Å². The molecule has 0 aromatic heterocycles. The summed E-state index contributed by atoms with van der Waals surface area (Å²) in [6.45, 7) is 3.54. The molecule has 1 rings (SSSR count). The van der Waals surface area contributed by atoms with Gasteiger partial charge < -0.3 is 11.2 Å². The van der Waals surface area contributed by atoms with E-state index in [1.165, 1.54) is 6.20 Å². The van der Waals surface area contributed by atoms with Gasteiger partial charge in [-0.3, -0.25) is 5.84 Å². The predicted octanol–water partition coefficient (Wildman–Crippen LogP) is 0.778. The quantitative estimate of drug-likeness (QED) is 0.427. The maximum Gasteiger partial charge on any atom is 0.110 e. The Balaban J connectivity index is 2.60. The van der Waals surface area contributed by atoms with Gasteiger partial charge in [-0.05, 0) is 19.8 Å². The lowest BCUT2D eigenvalue weighted by atomic mass is 9.60. The maximum atomic E-state index is 13.2. The van der Waals surface area contributed by atoms with Gasteiger partial charge in [-0.1, -0.05) is 6.92 Å². The van der Waals surface area contributed by atoms with Crippen LogP contribution in [0.15, 0.2) is 11.9 Å². The summed E-state index contributed by atoms with van der Waals surface area (Å²) in [6.07, 6.45) is 2.48. The molecule has 0 aliphatic heterocycles. The Hall–Kier alpha value is -0.770. The number of halogens is 1. The molecule has 5 N–H and O–H groups in total. The first-order chi connectivity index (χ1) is 5.40. The predicted molar refractivity (Wildman–Crippen MR) is 46.4 cm³/mol. The van der Waals surface area contributed by atoms with Crippen LogP contribution in [0.25, 0.3) is 0 Å². The molecular weight excluding hydrogens is 157 g/mol. The molecule has 0 spiro atoms. The van der Waals surface area contributed by atoms with E-state index in [9.17, 15) is 4.39 Å².